The predicted octanol–water partition coefficient (Wildman–Crippen LogP) is 3.32. The van der Waals surface area contributed by atoms with Gasteiger partial charge < -0.3 is 9.52 Å². The first-order valence-corrected chi connectivity index (χ1v) is 6.39. The largest absolute Gasteiger partial charge is 0.478 e. The minimum Gasteiger partial charge on any atom is -0.478 e. The van der Waals surface area contributed by atoms with Gasteiger partial charge in [-0.05, 0) is 18.9 Å². The number of alkyl halides is 3. The molecule has 3 rings (SSSR count). The molecular formula is C14H12F3NO3. The molecule has 7 heteroatoms. The van der Waals surface area contributed by atoms with E-state index in [4.69, 9.17) is 4.42 Å². The highest BCUT2D eigenvalue weighted by Crippen LogP contribution is 2.49. The van der Waals surface area contributed by atoms with Crippen molar-refractivity contribution in [2.45, 2.75) is 31.1 Å². The topological polar surface area (TPSA) is 62.5 Å². The van der Waals surface area contributed by atoms with Crippen LogP contribution >= 0.6 is 0 Å². The molecule has 1 fully saturated rings. The van der Waals surface area contributed by atoms with Crippen molar-refractivity contribution in [3.63, 3.8) is 0 Å². The third-order valence-electron chi connectivity index (χ3n) is 3.76. The lowest BCUT2D eigenvalue weighted by Gasteiger charge is -2.20. The Kier molecular flexibility index (Phi) is 2.98. The van der Waals surface area contributed by atoms with Gasteiger partial charge in [0.15, 0.2) is 0 Å². The highest BCUT2D eigenvalue weighted by Gasteiger charge is 2.63. The summed E-state index contributed by atoms with van der Waals surface area (Å²) in [5.74, 6) is -1.20. The Morgan fingerprint density at radius 1 is 1.33 bits per heavy atom. The number of nitrogens with one attached hydrogen (secondary N) is 1. The van der Waals surface area contributed by atoms with Crippen molar-refractivity contribution in [1.29, 1.82) is 0 Å². The van der Waals surface area contributed by atoms with Crippen molar-refractivity contribution in [2.24, 2.45) is 0 Å². The molecule has 4 nitrogen and oxygen atoms in total. The quantitative estimate of drug-likeness (QED) is 0.909. The number of carboxylic acid groups (broad SMARTS) is 1. The zero-order chi connectivity index (χ0) is 15.3. The van der Waals surface area contributed by atoms with Gasteiger partial charge >= 0.3 is 12.1 Å². The van der Waals surface area contributed by atoms with Gasteiger partial charge in [-0.3, -0.25) is 5.32 Å². The van der Waals surface area contributed by atoms with Gasteiger partial charge in [-0.2, -0.15) is 13.2 Å². The van der Waals surface area contributed by atoms with Gasteiger partial charge in [0.25, 0.3) is 0 Å². The zero-order valence-corrected chi connectivity index (χ0v) is 10.8. The molecule has 0 radical (unpaired) electrons. The van der Waals surface area contributed by atoms with Crippen LogP contribution in [0.15, 0.2) is 28.7 Å². The van der Waals surface area contributed by atoms with Crippen LogP contribution in [0.2, 0.25) is 0 Å². The molecular weight excluding hydrogens is 287 g/mol. The average Bonchev–Trinajstić information content (AvgIpc) is 3.10. The average molecular weight is 299 g/mol. The van der Waals surface area contributed by atoms with E-state index < -0.39 is 17.7 Å². The second-order valence-corrected chi connectivity index (χ2v) is 5.13. The molecule has 0 saturated heterocycles. The molecule has 2 aromatic rings. The summed E-state index contributed by atoms with van der Waals surface area (Å²) in [7, 11) is 0. The molecule has 1 aromatic heterocycles. The first kappa shape index (κ1) is 13.9. The van der Waals surface area contributed by atoms with E-state index in [0.717, 1.165) is 0 Å². The van der Waals surface area contributed by atoms with Crippen LogP contribution < -0.4 is 5.32 Å². The highest BCUT2D eigenvalue weighted by molar-refractivity contribution is 6.03. The number of carbonyl (C=O) groups is 1. The van der Waals surface area contributed by atoms with Gasteiger partial charge in [-0.1, -0.05) is 18.2 Å². The minimum absolute atomic E-state index is 0.000860. The summed E-state index contributed by atoms with van der Waals surface area (Å²) in [6.07, 6.45) is -4.35. The lowest BCUT2D eigenvalue weighted by atomic mass is 10.1. The summed E-state index contributed by atoms with van der Waals surface area (Å²) in [6.45, 7) is -0.268. The molecule has 0 aliphatic heterocycles. The van der Waals surface area contributed by atoms with E-state index in [0.29, 0.717) is 11.0 Å². The Morgan fingerprint density at radius 3 is 2.57 bits per heavy atom. The van der Waals surface area contributed by atoms with E-state index in [-0.39, 0.29) is 30.7 Å². The third kappa shape index (κ3) is 2.27. The van der Waals surface area contributed by atoms with E-state index in [1.165, 1.54) is 0 Å². The maximum absolute atomic E-state index is 12.9. The molecule has 0 amide bonds. The normalized spacial score (nSPS) is 17.1. The van der Waals surface area contributed by atoms with Crippen LogP contribution in [0.5, 0.6) is 0 Å². The van der Waals surface area contributed by atoms with Gasteiger partial charge in [0, 0.05) is 5.39 Å². The number of benzene rings is 1. The molecule has 1 heterocycles. The van der Waals surface area contributed by atoms with Crippen LogP contribution in [-0.4, -0.2) is 22.8 Å². The number of hydrogen-bond donors (Lipinski definition) is 2. The molecule has 1 aromatic carbocycles. The molecule has 1 aliphatic rings. The third-order valence-corrected chi connectivity index (χ3v) is 3.76. The smallest absolute Gasteiger partial charge is 0.406 e. The summed E-state index contributed by atoms with van der Waals surface area (Å²) in [4.78, 5) is 11.3. The van der Waals surface area contributed by atoms with E-state index in [1.54, 1.807) is 24.3 Å². The molecule has 0 unspecified atom stereocenters. The summed E-state index contributed by atoms with van der Waals surface area (Å²) < 4.78 is 43.9. The van der Waals surface area contributed by atoms with Crippen LogP contribution in [0, 0.1) is 0 Å². The van der Waals surface area contributed by atoms with Gasteiger partial charge in [0.2, 0.25) is 0 Å². The van der Waals surface area contributed by atoms with Crippen LogP contribution in [0.1, 0.15) is 29.0 Å². The molecule has 0 spiro atoms. The second-order valence-electron chi connectivity index (χ2n) is 5.13. The van der Waals surface area contributed by atoms with Crippen molar-refractivity contribution in [3.05, 3.63) is 35.6 Å². The van der Waals surface area contributed by atoms with Crippen LogP contribution in [0.25, 0.3) is 11.0 Å². The van der Waals surface area contributed by atoms with E-state index >= 15 is 0 Å². The summed E-state index contributed by atoms with van der Waals surface area (Å²) in [6, 6.07) is 6.48. The molecule has 1 aliphatic carbocycles. The Morgan fingerprint density at radius 2 is 2.00 bits per heavy atom. The summed E-state index contributed by atoms with van der Waals surface area (Å²) in [5, 5.41) is 12.0. The lowest BCUT2D eigenvalue weighted by molar-refractivity contribution is -0.166. The Labute approximate surface area is 117 Å². The van der Waals surface area contributed by atoms with Crippen LogP contribution in [0.4, 0.5) is 13.2 Å². The van der Waals surface area contributed by atoms with Gasteiger partial charge in [0.1, 0.15) is 22.4 Å². The molecule has 0 atom stereocenters. The number of para-hydroxylation sites is 1. The Bertz CT molecular complexity index is 701. The maximum atomic E-state index is 12.9. The fourth-order valence-corrected chi connectivity index (χ4v) is 2.39. The predicted molar refractivity (Wildman–Crippen MR) is 68.0 cm³/mol. The number of aromatic carboxylic acids is 1. The summed E-state index contributed by atoms with van der Waals surface area (Å²) >= 11 is 0. The van der Waals surface area contributed by atoms with Crippen molar-refractivity contribution in [3.8, 4) is 0 Å². The second kappa shape index (κ2) is 4.49. The van der Waals surface area contributed by atoms with Crippen molar-refractivity contribution < 1.29 is 27.5 Å². The fraction of sp³-hybridized carbons (Fsp3) is 0.357. The van der Waals surface area contributed by atoms with E-state index in [9.17, 15) is 23.1 Å². The summed E-state index contributed by atoms with van der Waals surface area (Å²) in [5.41, 5.74) is -1.64. The van der Waals surface area contributed by atoms with Gasteiger partial charge in [-0.15, -0.1) is 0 Å². The van der Waals surface area contributed by atoms with Crippen LogP contribution in [-0.2, 0) is 6.54 Å². The van der Waals surface area contributed by atoms with Gasteiger partial charge in [0.05, 0.1) is 6.54 Å². The first-order chi connectivity index (χ1) is 9.84. The zero-order valence-electron chi connectivity index (χ0n) is 10.8. The number of furan rings is 1. The van der Waals surface area contributed by atoms with E-state index in [1.807, 2.05) is 0 Å². The van der Waals surface area contributed by atoms with Gasteiger partial charge in [-0.25, -0.2) is 4.79 Å². The molecule has 112 valence electrons. The molecule has 0 bridgehead atoms. The van der Waals surface area contributed by atoms with Crippen molar-refractivity contribution >= 4 is 16.9 Å². The van der Waals surface area contributed by atoms with Crippen molar-refractivity contribution in [1.82, 2.24) is 5.32 Å². The highest BCUT2D eigenvalue weighted by atomic mass is 19.4. The SMILES string of the molecule is O=C(O)c1c(CNC2(C(F)(F)F)CC2)oc2ccccc12. The number of halogens is 3. The van der Waals surface area contributed by atoms with E-state index in [2.05, 4.69) is 5.32 Å². The monoisotopic (exact) mass is 299 g/mol. The Hall–Kier alpha value is -2.02. The fourth-order valence-electron chi connectivity index (χ4n) is 2.39. The first-order valence-electron chi connectivity index (χ1n) is 6.39. The number of carboxylic acids is 1. The lowest BCUT2D eigenvalue weighted by Crippen LogP contribution is -2.44. The maximum Gasteiger partial charge on any atom is 0.406 e. The number of hydrogen-bond acceptors (Lipinski definition) is 3. The number of rotatable bonds is 4. The molecule has 1 saturated carbocycles. The van der Waals surface area contributed by atoms with Crippen molar-refractivity contribution in [2.75, 3.05) is 0 Å². The Balaban J connectivity index is 1.91. The van der Waals surface area contributed by atoms with Crippen LogP contribution in [0.3, 0.4) is 0 Å². The minimum atomic E-state index is -4.34. The molecule has 21 heavy (non-hydrogen) atoms. The number of fused-ring (bicyclic) bond motifs is 1. The standard InChI is InChI=1S/C14H12F3NO3/c15-14(16,17)13(5-6-13)18-7-10-11(12(19)20)8-3-1-2-4-9(8)21-10/h1-4,18H,5-7H2,(H,19,20). The molecule has 2 N–H and O–H groups in total.